The Balaban J connectivity index is 0.00000693. The molecular weight excluding hydrogens is 913 g/mol. The summed E-state index contributed by atoms with van der Waals surface area (Å²) in [6.45, 7) is 3.19. The normalized spacial score (nSPS) is 15.5. The number of fused-ring (bicyclic) bond motifs is 3. The van der Waals surface area contributed by atoms with E-state index in [0.717, 1.165) is 24.4 Å². The Bertz CT molecular complexity index is 3410. The number of benzene rings is 5. The van der Waals surface area contributed by atoms with Crippen molar-refractivity contribution in [2.75, 3.05) is 0 Å². The van der Waals surface area contributed by atoms with E-state index in [2.05, 4.69) is 39.2 Å². The monoisotopic (exact) mass is 966 g/mol. The van der Waals surface area contributed by atoms with Gasteiger partial charge in [0.25, 0.3) is 0 Å². The van der Waals surface area contributed by atoms with Crippen LogP contribution in [0.15, 0.2) is 144 Å². The van der Waals surface area contributed by atoms with Crippen LogP contribution in [0.4, 0.5) is 0 Å². The fourth-order valence-corrected chi connectivity index (χ4v) is 6.66. The topological polar surface area (TPSA) is 75.6 Å². The molecule has 5 nitrogen and oxygen atoms in total. The van der Waals surface area contributed by atoms with Gasteiger partial charge in [0.15, 0.2) is 0 Å². The number of aryl methyl sites for hydroxylation is 8. The van der Waals surface area contributed by atoms with Gasteiger partial charge in [-0.15, -0.1) is 90.0 Å². The Kier molecular flexibility index (Phi) is 8.50. The largest absolute Gasteiger partial charge is 3.00 e. The van der Waals surface area contributed by atoms with Crippen molar-refractivity contribution in [1.82, 2.24) is 15.0 Å². The number of hydrogen-bond donors (Lipinski definition) is 0. The van der Waals surface area contributed by atoms with Crippen LogP contribution in [0.3, 0.4) is 0 Å². The SMILES string of the molecule is [2H]C([2H])(c1ccc(-c2[c-]ccc3c2oc2ccc(C#N)cc23)nc1)C([2H])([2H])c1cc(C([2H])([2H])C([2H])([2H])c2cnc(-c3[c-]cccc3)cc2C)cc(C([2H])([2H])C([2H])([2H])c2cnc(-c3[c-]cccc3)cc2C)c1.[Ir+3]. The zero-order chi connectivity index (χ0) is 50.9. The molecule has 0 aliphatic heterocycles. The summed E-state index contributed by atoms with van der Waals surface area (Å²) in [5.74, 6) is 0. The average molecular weight is 966 g/mol. The summed E-state index contributed by atoms with van der Waals surface area (Å²) in [4.78, 5) is 13.4. The van der Waals surface area contributed by atoms with Crippen LogP contribution in [0.25, 0.3) is 55.7 Å². The van der Waals surface area contributed by atoms with Crippen molar-refractivity contribution in [3.05, 3.63) is 208 Å². The minimum absolute atomic E-state index is 0. The van der Waals surface area contributed by atoms with Crippen molar-refractivity contribution in [3.63, 3.8) is 0 Å². The minimum atomic E-state index is -3.13. The predicted octanol–water partition coefficient (Wildman–Crippen LogP) is 12.0. The summed E-state index contributed by atoms with van der Waals surface area (Å²) in [6.07, 6.45) is -14.6. The van der Waals surface area contributed by atoms with Crippen molar-refractivity contribution >= 4 is 21.9 Å². The Morgan fingerprint density at radius 1 is 0.567 bits per heavy atom. The van der Waals surface area contributed by atoms with E-state index in [9.17, 15) is 21.7 Å². The molecule has 0 bridgehead atoms. The van der Waals surface area contributed by atoms with E-state index in [1.165, 1.54) is 24.5 Å². The van der Waals surface area contributed by atoms with Crippen LogP contribution in [0.5, 0.6) is 0 Å². The molecule has 9 aromatic rings. The van der Waals surface area contributed by atoms with Crippen molar-refractivity contribution in [2.45, 2.75) is 52.1 Å². The van der Waals surface area contributed by atoms with Crippen molar-refractivity contribution < 1.29 is 41.0 Å². The summed E-state index contributed by atoms with van der Waals surface area (Å²) in [7, 11) is 0. The van der Waals surface area contributed by atoms with Gasteiger partial charge in [0.05, 0.1) is 17.2 Å². The molecule has 0 N–H and O–H groups in total. The summed E-state index contributed by atoms with van der Waals surface area (Å²) in [5, 5.41) is 10.9. The molecule has 0 amide bonds. The van der Waals surface area contributed by atoms with Gasteiger partial charge in [-0.2, -0.15) is 5.26 Å². The molecule has 6 heteroatoms. The Morgan fingerprint density at radius 3 is 1.68 bits per heavy atom. The number of nitriles is 1. The van der Waals surface area contributed by atoms with Crippen molar-refractivity contribution in [3.8, 4) is 39.8 Å². The van der Waals surface area contributed by atoms with E-state index in [1.807, 2.05) is 0 Å². The van der Waals surface area contributed by atoms with Gasteiger partial charge in [0, 0.05) is 40.4 Å². The molecule has 0 unspecified atom stereocenters. The molecular formula is C54H41IrN4O. The summed E-state index contributed by atoms with van der Waals surface area (Å²) >= 11 is 0. The Hall–Kier alpha value is -6.51. The number of hydrogen-bond acceptors (Lipinski definition) is 5. The van der Waals surface area contributed by atoms with Crippen LogP contribution in [0.2, 0.25) is 0 Å². The van der Waals surface area contributed by atoms with E-state index in [0.29, 0.717) is 72.4 Å². The Labute approximate surface area is 382 Å². The quantitative estimate of drug-likeness (QED) is 0.114. The third-order valence-corrected chi connectivity index (χ3v) is 9.74. The fourth-order valence-electron chi connectivity index (χ4n) is 6.66. The van der Waals surface area contributed by atoms with Gasteiger partial charge in [0.1, 0.15) is 5.58 Å². The molecule has 0 spiro atoms. The molecule has 4 aromatic heterocycles. The minimum Gasteiger partial charge on any atom is -0.501 e. The first-order valence-corrected chi connectivity index (χ1v) is 18.8. The summed E-state index contributed by atoms with van der Waals surface area (Å²) in [6, 6.07) is 42.8. The zero-order valence-electron chi connectivity index (χ0n) is 44.3. The summed E-state index contributed by atoms with van der Waals surface area (Å²) in [5.41, 5.74) is 2.62. The third-order valence-electron chi connectivity index (χ3n) is 9.74. The Morgan fingerprint density at radius 2 is 1.15 bits per heavy atom. The van der Waals surface area contributed by atoms with E-state index in [4.69, 9.17) is 4.42 Å². The first kappa shape index (κ1) is 28.0. The van der Waals surface area contributed by atoms with E-state index in [1.54, 1.807) is 105 Å². The van der Waals surface area contributed by atoms with Gasteiger partial charge in [-0.05, 0) is 121 Å². The summed E-state index contributed by atoms with van der Waals surface area (Å²) < 4.78 is 119. The maximum absolute atomic E-state index is 9.51. The molecule has 0 saturated carbocycles. The van der Waals surface area contributed by atoms with Gasteiger partial charge < -0.3 is 19.4 Å². The van der Waals surface area contributed by atoms with Gasteiger partial charge in [-0.25, -0.2) is 0 Å². The standard InChI is InChI=1S/C54H41N4O.Ir/c1-36-26-51(43-10-5-3-6-11-43)57-34-45(36)22-18-40-28-39(29-41(30-40)19-23-46-35-58-52(27-37(46)2)44-12-7-4-8-13-44)17-16-38-20-24-50(56-33-38)48-15-9-14-47-49-31-42(32-55)21-25-53(49)59-54(47)48;/h3-10,12,14,20-21,24-31,33-35H,16-19,22-23H2,1-2H3;/q-3;+3/i16D2,17D2,18D2,19D2,22D2,23D2;. The predicted molar refractivity (Wildman–Crippen MR) is 236 cm³/mol. The van der Waals surface area contributed by atoms with Crippen LogP contribution >= 0.6 is 0 Å². The zero-order valence-corrected chi connectivity index (χ0v) is 34.7. The van der Waals surface area contributed by atoms with Gasteiger partial charge in [0.2, 0.25) is 0 Å². The first-order chi connectivity index (χ1) is 33.5. The average Bonchev–Trinajstić information content (AvgIpc) is 3.74. The fraction of sp³-hybridized carbons (Fsp3) is 0.148. The van der Waals surface area contributed by atoms with Crippen LogP contribution in [0, 0.1) is 43.4 Å². The molecule has 0 aliphatic rings. The molecule has 0 fully saturated rings. The molecule has 4 heterocycles. The number of nitrogens with zero attached hydrogens (tertiary/aromatic N) is 4. The van der Waals surface area contributed by atoms with Crippen LogP contribution in [-0.2, 0) is 58.3 Å². The molecule has 0 saturated heterocycles. The molecule has 60 heavy (non-hydrogen) atoms. The van der Waals surface area contributed by atoms with Gasteiger partial charge in [-0.1, -0.05) is 64.5 Å². The van der Waals surface area contributed by atoms with Crippen LogP contribution < -0.4 is 0 Å². The van der Waals surface area contributed by atoms with Gasteiger partial charge >= 0.3 is 20.1 Å². The molecule has 0 aliphatic carbocycles. The second kappa shape index (κ2) is 18.2. The first-order valence-electron chi connectivity index (χ1n) is 24.8. The third kappa shape index (κ3) is 8.89. The molecule has 292 valence electrons. The van der Waals surface area contributed by atoms with Crippen LogP contribution in [0.1, 0.15) is 66.5 Å². The molecule has 9 rings (SSSR count). The smallest absolute Gasteiger partial charge is 0.501 e. The van der Waals surface area contributed by atoms with Crippen molar-refractivity contribution in [1.29, 1.82) is 5.26 Å². The number of rotatable bonds is 12. The van der Waals surface area contributed by atoms with E-state index >= 15 is 0 Å². The van der Waals surface area contributed by atoms with E-state index < -0.39 is 54.9 Å². The van der Waals surface area contributed by atoms with Crippen molar-refractivity contribution in [2.24, 2.45) is 0 Å². The second-order valence-corrected chi connectivity index (χ2v) is 13.8. The molecule has 0 radical (unpaired) electrons. The number of pyridine rings is 3. The maximum atomic E-state index is 9.51. The number of furan rings is 1. The maximum Gasteiger partial charge on any atom is 3.00 e. The molecule has 0 atom stereocenters. The van der Waals surface area contributed by atoms with Crippen LogP contribution in [-0.4, -0.2) is 15.0 Å². The molecule has 5 aromatic carbocycles. The second-order valence-electron chi connectivity index (χ2n) is 13.8. The van der Waals surface area contributed by atoms with Gasteiger partial charge in [-0.3, -0.25) is 0 Å². The van der Waals surface area contributed by atoms with E-state index in [-0.39, 0.29) is 36.8 Å². The number of aromatic nitrogens is 3.